The normalized spacial score (nSPS) is 13.3. The van der Waals surface area contributed by atoms with Crippen LogP contribution in [0.5, 0.6) is 51.7 Å². The number of methoxy groups -OCH3 is 9. The summed E-state index contributed by atoms with van der Waals surface area (Å²) in [6, 6.07) is 0. The molecule has 0 aromatic heterocycles. The monoisotopic (exact) mass is 886 g/mol. The topological polar surface area (TPSA) is 83.1 Å². The molecule has 0 bridgehead atoms. The molecule has 0 saturated carbocycles. The average Bonchev–Trinajstić information content (AvgIpc) is 3.30. The van der Waals surface area contributed by atoms with Crippen molar-refractivity contribution >= 4 is 23.6 Å². The van der Waals surface area contributed by atoms with E-state index in [1.165, 1.54) is 22.3 Å². The van der Waals surface area contributed by atoms with Crippen LogP contribution in [-0.4, -0.2) is 72.1 Å². The molecule has 3 aromatic rings. The summed E-state index contributed by atoms with van der Waals surface area (Å²) in [6.07, 6.45) is 0. The second-order valence-corrected chi connectivity index (χ2v) is 19.4. The first-order valence-corrected chi connectivity index (χ1v) is 20.3. The molecule has 0 aliphatic heterocycles. The zero-order valence-electron chi connectivity index (χ0n) is 36.3. The molecule has 0 radical (unpaired) electrons. The van der Waals surface area contributed by atoms with Crippen LogP contribution >= 0.6 is 0 Å². The first kappa shape index (κ1) is 51.2. The van der Waals surface area contributed by atoms with Gasteiger partial charge in [0.1, 0.15) is 0 Å². The molecule has 9 nitrogen and oxygen atoms in total. The smallest absolute Gasteiger partial charge is 1.00 e. The first-order chi connectivity index (χ1) is 25.0. The Kier molecular flexibility index (Phi) is 17.6. The van der Waals surface area contributed by atoms with Crippen molar-refractivity contribution in [3.05, 3.63) is 55.7 Å². The molecule has 3 aromatic carbocycles. The largest absolute Gasteiger partial charge is 1.00 e. The molecule has 1 aliphatic rings. The third-order valence-corrected chi connectivity index (χ3v) is 20.5. The number of allylic oxidation sites excluding steroid dienone is 4. The maximum atomic E-state index is 6.63. The molecule has 14 heteroatoms. The molecule has 0 spiro atoms. The van der Waals surface area contributed by atoms with E-state index in [9.17, 15) is 0 Å². The molecule has 4 rings (SSSR count). The maximum absolute atomic E-state index is 6.63. The number of benzene rings is 3. The van der Waals surface area contributed by atoms with Crippen LogP contribution in [0.4, 0.5) is 0 Å². The zero-order valence-corrected chi connectivity index (χ0v) is 41.1. The van der Waals surface area contributed by atoms with Crippen molar-refractivity contribution < 1.29 is 100 Å². The van der Waals surface area contributed by atoms with E-state index in [-0.39, 0.29) is 37.2 Å². The van der Waals surface area contributed by atoms with Crippen molar-refractivity contribution in [3.63, 3.8) is 0 Å². The maximum Gasteiger partial charge on any atom is -1.00 e. The Morgan fingerprint density at radius 2 is 0.500 bits per heavy atom. The van der Waals surface area contributed by atoms with Crippen LogP contribution in [0, 0.1) is 41.5 Å². The van der Waals surface area contributed by atoms with Crippen LogP contribution in [0.3, 0.4) is 0 Å². The van der Waals surface area contributed by atoms with Gasteiger partial charge in [-0.05, 0) is 0 Å². The van der Waals surface area contributed by atoms with E-state index in [4.69, 9.17) is 42.6 Å². The number of rotatable bonds is 13. The molecular formula is C42H57Cl3O9SiTi. The second kappa shape index (κ2) is 19.3. The van der Waals surface area contributed by atoms with E-state index in [0.29, 0.717) is 51.7 Å². The fraction of sp³-hybridized carbons (Fsp3) is 0.476. The summed E-state index contributed by atoms with van der Waals surface area (Å²) in [5, 5.41) is 2.40. The van der Waals surface area contributed by atoms with E-state index in [0.717, 1.165) is 48.9 Å². The van der Waals surface area contributed by atoms with Crippen molar-refractivity contribution in [1.82, 2.24) is 0 Å². The van der Waals surface area contributed by atoms with Crippen LogP contribution in [0.2, 0.25) is 3.34 Å². The Labute approximate surface area is 365 Å². The van der Waals surface area contributed by atoms with Crippen molar-refractivity contribution in [3.8, 4) is 51.7 Å². The second-order valence-electron chi connectivity index (χ2n) is 13.7. The molecule has 0 N–H and O–H groups in total. The SMILES string of the molecule is COc1c(C)c(C)c(OC)c([Si](c2c(OC)c(C)c(C)c(OC)c2OC)(c2c(OC)c(C)c(C)c(OC)c2OC)[C]2([Ti+3])C(C)=C(C)C(C)=C2C)c1OC.[Cl-].[Cl-].[Cl-]. The molecule has 0 amide bonds. The zero-order chi connectivity index (χ0) is 40.1. The number of ether oxygens (including phenoxy) is 9. The van der Waals surface area contributed by atoms with Gasteiger partial charge in [0.25, 0.3) is 0 Å². The number of hydrogen-bond acceptors (Lipinski definition) is 9. The Morgan fingerprint density at radius 3 is 0.679 bits per heavy atom. The minimum Gasteiger partial charge on any atom is -1.00 e. The minimum absolute atomic E-state index is 0. The van der Waals surface area contributed by atoms with E-state index in [1.807, 2.05) is 20.8 Å². The van der Waals surface area contributed by atoms with E-state index < -0.39 is 11.4 Å². The van der Waals surface area contributed by atoms with Gasteiger partial charge in [-0.1, -0.05) is 0 Å². The van der Waals surface area contributed by atoms with E-state index >= 15 is 0 Å². The number of hydrogen-bond donors (Lipinski definition) is 0. The van der Waals surface area contributed by atoms with Crippen LogP contribution in [0.25, 0.3) is 0 Å². The van der Waals surface area contributed by atoms with Crippen LogP contribution in [0.15, 0.2) is 22.3 Å². The van der Waals surface area contributed by atoms with Gasteiger partial charge < -0.3 is 37.2 Å². The first-order valence-electron chi connectivity index (χ1n) is 17.5. The van der Waals surface area contributed by atoms with Crippen molar-refractivity contribution in [2.45, 2.75) is 72.6 Å². The van der Waals surface area contributed by atoms with Gasteiger partial charge in [-0.25, -0.2) is 0 Å². The van der Waals surface area contributed by atoms with Gasteiger partial charge in [0.05, 0.1) is 0 Å². The summed E-state index contributed by atoms with van der Waals surface area (Å²) in [7, 11) is 11.1. The Balaban J connectivity index is 0.00000523. The summed E-state index contributed by atoms with van der Waals surface area (Å²) >= 11 is 2.32. The molecule has 308 valence electrons. The minimum atomic E-state index is -4.13. The van der Waals surface area contributed by atoms with Crippen molar-refractivity contribution in [1.29, 1.82) is 0 Å². The quantitative estimate of drug-likeness (QED) is 0.144. The molecule has 0 fully saturated rings. The van der Waals surface area contributed by atoms with Gasteiger partial charge in [-0.15, -0.1) is 0 Å². The predicted octanol–water partition coefficient (Wildman–Crippen LogP) is -1.97. The standard InChI is InChI=1S/C42H57O9Si.3ClH.Ti/c1-20-21(2)29(10)39(28(20)9)52(40-33(46-14)25(6)22(3)30(43-11)36(40)49-17,41-34(47-15)26(7)23(4)31(44-12)37(41)50-18)42-35(48-16)27(8)24(5)32(45-13)38(42)51-19;;;;/h1-19H3;3*1H;/q;;;;+3/p-3. The third kappa shape index (κ3) is 6.74. The number of halogens is 3. The summed E-state index contributed by atoms with van der Waals surface area (Å²) in [4.78, 5) is 0. The van der Waals surface area contributed by atoms with Gasteiger partial charge in [-0.2, -0.15) is 0 Å². The third-order valence-electron chi connectivity index (χ3n) is 12.0. The van der Waals surface area contributed by atoms with Gasteiger partial charge >= 0.3 is 331 Å². The molecule has 0 saturated heterocycles. The Hall–Kier alpha value is -2.86. The summed E-state index contributed by atoms with van der Waals surface area (Å²) < 4.78 is 57.8. The molecule has 1 aliphatic carbocycles. The summed E-state index contributed by atoms with van der Waals surface area (Å²) in [6.45, 7) is 21.1. The Bertz CT molecular complexity index is 1840. The molecule has 0 atom stereocenters. The molecule has 0 heterocycles. The fourth-order valence-corrected chi connectivity index (χ4v) is 18.0. The van der Waals surface area contributed by atoms with Crippen molar-refractivity contribution in [2.75, 3.05) is 64.0 Å². The van der Waals surface area contributed by atoms with Crippen LogP contribution < -0.4 is 95.4 Å². The van der Waals surface area contributed by atoms with Gasteiger partial charge in [-0.3, -0.25) is 0 Å². The van der Waals surface area contributed by atoms with Crippen molar-refractivity contribution in [2.24, 2.45) is 0 Å². The van der Waals surface area contributed by atoms with Crippen LogP contribution in [-0.2, 0) is 20.4 Å². The van der Waals surface area contributed by atoms with Crippen LogP contribution in [0.1, 0.15) is 61.1 Å². The van der Waals surface area contributed by atoms with Gasteiger partial charge in [0, 0.05) is 0 Å². The Morgan fingerprint density at radius 1 is 0.321 bits per heavy atom. The van der Waals surface area contributed by atoms with E-state index in [1.54, 1.807) is 64.0 Å². The van der Waals surface area contributed by atoms with E-state index in [2.05, 4.69) is 68.9 Å². The molecular weight excluding hydrogens is 831 g/mol. The average molecular weight is 888 g/mol. The molecule has 0 unspecified atom stereocenters. The predicted molar refractivity (Wildman–Crippen MR) is 211 cm³/mol. The fourth-order valence-electron chi connectivity index (χ4n) is 8.76. The van der Waals surface area contributed by atoms with Gasteiger partial charge in [0.15, 0.2) is 0 Å². The summed E-state index contributed by atoms with van der Waals surface area (Å²) in [5.41, 5.74) is 10.1. The summed E-state index contributed by atoms with van der Waals surface area (Å²) in [5.74, 6) is 5.34. The van der Waals surface area contributed by atoms with Gasteiger partial charge in [0.2, 0.25) is 0 Å². The molecule has 56 heavy (non-hydrogen) atoms.